The van der Waals surface area contributed by atoms with Crippen LogP contribution in [0.1, 0.15) is 24.8 Å². The highest BCUT2D eigenvalue weighted by Crippen LogP contribution is 2.34. The van der Waals surface area contributed by atoms with Crippen LogP contribution in [0, 0.1) is 18.8 Å². The van der Waals surface area contributed by atoms with Crippen molar-refractivity contribution in [3.63, 3.8) is 0 Å². The Morgan fingerprint density at radius 2 is 2.06 bits per heavy atom. The van der Waals surface area contributed by atoms with Crippen molar-refractivity contribution in [2.75, 3.05) is 6.61 Å². The average Bonchev–Trinajstić information content (AvgIpc) is 2.23. The number of ether oxygens (including phenoxy) is 1. The lowest BCUT2D eigenvalue weighted by molar-refractivity contribution is -0.146. The zero-order chi connectivity index (χ0) is 12.3. The van der Waals surface area contributed by atoms with Crippen molar-refractivity contribution in [2.24, 2.45) is 11.8 Å². The van der Waals surface area contributed by atoms with Crippen LogP contribution in [0.2, 0.25) is 0 Å². The number of carboxylic acid groups (broad SMARTS) is 1. The Bertz CT molecular complexity index is 379. The van der Waals surface area contributed by atoms with Gasteiger partial charge in [-0.1, -0.05) is 24.1 Å². The Hall–Kier alpha value is -1.51. The van der Waals surface area contributed by atoms with Crippen LogP contribution in [0.3, 0.4) is 0 Å². The summed E-state index contributed by atoms with van der Waals surface area (Å²) in [4.78, 5) is 11.1. The summed E-state index contributed by atoms with van der Waals surface area (Å²) in [6, 6.07) is 7.70. The summed E-state index contributed by atoms with van der Waals surface area (Å²) in [5.41, 5.74) is 1.17. The second-order valence-corrected chi connectivity index (χ2v) is 4.76. The van der Waals surface area contributed by atoms with E-state index in [9.17, 15) is 4.79 Å². The van der Waals surface area contributed by atoms with Gasteiger partial charge < -0.3 is 9.84 Å². The Morgan fingerprint density at radius 3 is 2.53 bits per heavy atom. The molecule has 0 spiro atoms. The second kappa shape index (κ2) is 5.21. The Kier molecular flexibility index (Phi) is 3.67. The summed E-state index contributed by atoms with van der Waals surface area (Å²) in [5, 5.41) is 9.15. The van der Waals surface area contributed by atoms with Crippen LogP contribution in [0.4, 0.5) is 0 Å². The molecule has 92 valence electrons. The van der Waals surface area contributed by atoms with E-state index in [4.69, 9.17) is 9.84 Å². The number of hydrogen-bond donors (Lipinski definition) is 1. The van der Waals surface area contributed by atoms with Crippen LogP contribution in [-0.2, 0) is 4.79 Å². The zero-order valence-corrected chi connectivity index (χ0v) is 10.1. The van der Waals surface area contributed by atoms with Crippen LogP contribution in [0.15, 0.2) is 24.3 Å². The van der Waals surface area contributed by atoms with Crippen molar-refractivity contribution >= 4 is 5.97 Å². The molecule has 3 heteroatoms. The van der Waals surface area contributed by atoms with Gasteiger partial charge in [-0.25, -0.2) is 0 Å². The summed E-state index contributed by atoms with van der Waals surface area (Å²) in [7, 11) is 0. The molecule has 0 heterocycles. The highest BCUT2D eigenvalue weighted by Gasteiger charge is 2.33. The van der Waals surface area contributed by atoms with E-state index >= 15 is 0 Å². The van der Waals surface area contributed by atoms with E-state index in [1.165, 1.54) is 5.56 Å². The number of benzene rings is 1. The van der Waals surface area contributed by atoms with Crippen molar-refractivity contribution in [3.05, 3.63) is 29.8 Å². The topological polar surface area (TPSA) is 46.5 Å². The molecular weight excluding hydrogens is 216 g/mol. The van der Waals surface area contributed by atoms with E-state index < -0.39 is 5.97 Å². The van der Waals surface area contributed by atoms with Crippen molar-refractivity contribution < 1.29 is 14.6 Å². The molecule has 0 bridgehead atoms. The molecule has 2 rings (SSSR count). The largest absolute Gasteiger partial charge is 0.493 e. The van der Waals surface area contributed by atoms with Crippen molar-refractivity contribution in [1.29, 1.82) is 0 Å². The van der Waals surface area contributed by atoms with E-state index in [1.54, 1.807) is 0 Å². The molecule has 1 atom stereocenters. The molecule has 17 heavy (non-hydrogen) atoms. The maximum absolute atomic E-state index is 11.1. The molecule has 1 N–H and O–H groups in total. The van der Waals surface area contributed by atoms with E-state index in [2.05, 4.69) is 0 Å². The van der Waals surface area contributed by atoms with Crippen LogP contribution in [0.25, 0.3) is 0 Å². The number of carbonyl (C=O) groups is 1. The quantitative estimate of drug-likeness (QED) is 0.852. The fourth-order valence-corrected chi connectivity index (χ4v) is 2.07. The standard InChI is InChI=1S/C14H18O3/c1-10-5-7-12(8-6-10)17-9-13(14(15)16)11-3-2-4-11/h5-8,11,13H,2-4,9H2,1H3,(H,15,16). The molecule has 3 nitrogen and oxygen atoms in total. The van der Waals surface area contributed by atoms with Gasteiger partial charge in [0.2, 0.25) is 0 Å². The van der Waals surface area contributed by atoms with Gasteiger partial charge in [0.05, 0.1) is 5.92 Å². The molecule has 1 aliphatic carbocycles. The molecule has 1 saturated carbocycles. The minimum Gasteiger partial charge on any atom is -0.493 e. The predicted molar refractivity (Wildman–Crippen MR) is 65.1 cm³/mol. The maximum atomic E-state index is 11.1. The minimum atomic E-state index is -0.734. The molecule has 1 fully saturated rings. The Morgan fingerprint density at radius 1 is 1.41 bits per heavy atom. The third-order valence-electron chi connectivity index (χ3n) is 3.49. The second-order valence-electron chi connectivity index (χ2n) is 4.76. The Balaban J connectivity index is 1.90. The number of aliphatic carboxylic acids is 1. The Labute approximate surface area is 101 Å². The summed E-state index contributed by atoms with van der Waals surface area (Å²) in [6.45, 7) is 2.29. The lowest BCUT2D eigenvalue weighted by atomic mass is 9.76. The fourth-order valence-electron chi connectivity index (χ4n) is 2.07. The average molecular weight is 234 g/mol. The summed E-state index contributed by atoms with van der Waals surface area (Å²) in [5.74, 6) is -0.0361. The molecule has 0 radical (unpaired) electrons. The van der Waals surface area contributed by atoms with Gasteiger partial charge in [-0.15, -0.1) is 0 Å². The van der Waals surface area contributed by atoms with Gasteiger partial charge in [-0.3, -0.25) is 4.79 Å². The smallest absolute Gasteiger partial charge is 0.310 e. The highest BCUT2D eigenvalue weighted by molar-refractivity contribution is 5.70. The molecule has 1 unspecified atom stereocenters. The SMILES string of the molecule is Cc1ccc(OCC(C(=O)O)C2CCC2)cc1. The first-order chi connectivity index (χ1) is 8.16. The van der Waals surface area contributed by atoms with Crippen LogP contribution in [0.5, 0.6) is 5.75 Å². The molecule has 0 aliphatic heterocycles. The summed E-state index contributed by atoms with van der Waals surface area (Å²) < 4.78 is 5.56. The number of carboxylic acids is 1. The van der Waals surface area contributed by atoms with Crippen LogP contribution < -0.4 is 4.74 Å². The molecular formula is C14H18O3. The minimum absolute atomic E-state index is 0.281. The lowest BCUT2D eigenvalue weighted by Gasteiger charge is -2.30. The monoisotopic (exact) mass is 234 g/mol. The third-order valence-corrected chi connectivity index (χ3v) is 3.49. The van der Waals surface area contributed by atoms with Gasteiger partial charge in [-0.05, 0) is 37.8 Å². The first-order valence-corrected chi connectivity index (χ1v) is 6.09. The maximum Gasteiger partial charge on any atom is 0.310 e. The molecule has 1 aromatic rings. The molecule has 0 aromatic heterocycles. The van der Waals surface area contributed by atoms with Crippen molar-refractivity contribution in [1.82, 2.24) is 0 Å². The van der Waals surface area contributed by atoms with E-state index in [0.29, 0.717) is 5.92 Å². The molecule has 0 saturated heterocycles. The fraction of sp³-hybridized carbons (Fsp3) is 0.500. The number of hydrogen-bond acceptors (Lipinski definition) is 2. The molecule has 1 aliphatic rings. The van der Waals surface area contributed by atoms with Gasteiger partial charge in [0.1, 0.15) is 12.4 Å². The van der Waals surface area contributed by atoms with E-state index in [-0.39, 0.29) is 12.5 Å². The van der Waals surface area contributed by atoms with E-state index in [0.717, 1.165) is 25.0 Å². The van der Waals surface area contributed by atoms with Crippen LogP contribution >= 0.6 is 0 Å². The number of aryl methyl sites for hydroxylation is 1. The molecule has 0 amide bonds. The first kappa shape index (κ1) is 12.0. The zero-order valence-electron chi connectivity index (χ0n) is 10.1. The summed E-state index contributed by atoms with van der Waals surface area (Å²) >= 11 is 0. The normalized spacial score (nSPS) is 17.2. The molecule has 1 aromatic carbocycles. The highest BCUT2D eigenvalue weighted by atomic mass is 16.5. The van der Waals surface area contributed by atoms with E-state index in [1.807, 2.05) is 31.2 Å². The first-order valence-electron chi connectivity index (χ1n) is 6.09. The van der Waals surface area contributed by atoms with Crippen molar-refractivity contribution in [3.8, 4) is 5.75 Å². The van der Waals surface area contributed by atoms with Gasteiger partial charge in [0.25, 0.3) is 0 Å². The van der Waals surface area contributed by atoms with Gasteiger partial charge in [0, 0.05) is 0 Å². The van der Waals surface area contributed by atoms with Gasteiger partial charge in [-0.2, -0.15) is 0 Å². The van der Waals surface area contributed by atoms with Gasteiger partial charge >= 0.3 is 5.97 Å². The van der Waals surface area contributed by atoms with Crippen molar-refractivity contribution in [2.45, 2.75) is 26.2 Å². The lowest BCUT2D eigenvalue weighted by Crippen LogP contribution is -2.33. The predicted octanol–water partition coefficient (Wildman–Crippen LogP) is 2.87. The van der Waals surface area contributed by atoms with Crippen LogP contribution in [-0.4, -0.2) is 17.7 Å². The third kappa shape index (κ3) is 2.99. The summed E-state index contributed by atoms with van der Waals surface area (Å²) in [6.07, 6.45) is 3.20. The van der Waals surface area contributed by atoms with Gasteiger partial charge in [0.15, 0.2) is 0 Å². The number of rotatable bonds is 5.